The molecule has 0 saturated carbocycles. The van der Waals surface area contributed by atoms with Crippen LogP contribution in [0.2, 0.25) is 0 Å². The molecule has 0 radical (unpaired) electrons. The number of pyridine rings is 1. The van der Waals surface area contributed by atoms with Gasteiger partial charge in [0.25, 0.3) is 5.91 Å². The van der Waals surface area contributed by atoms with Crippen LogP contribution in [-0.4, -0.2) is 27.1 Å². The molecule has 4 aromatic rings. The van der Waals surface area contributed by atoms with Crippen molar-refractivity contribution in [3.8, 4) is 0 Å². The molecule has 6 heteroatoms. The summed E-state index contributed by atoms with van der Waals surface area (Å²) in [4.78, 5) is 17.1. The lowest BCUT2D eigenvalue weighted by atomic mass is 10.1. The maximum atomic E-state index is 12.8. The zero-order valence-electron chi connectivity index (χ0n) is 18.3. The number of carbonyl (C=O) groups excluding carboxylic acids is 1. The number of hydrogen-bond acceptors (Lipinski definition) is 4. The molecule has 0 bridgehead atoms. The third kappa shape index (κ3) is 4.86. The molecule has 0 spiro atoms. The van der Waals surface area contributed by atoms with Gasteiger partial charge in [0, 0.05) is 23.3 Å². The lowest BCUT2D eigenvalue weighted by Gasteiger charge is -2.17. The molecule has 0 unspecified atom stereocenters. The van der Waals surface area contributed by atoms with E-state index in [1.807, 2.05) is 72.8 Å². The minimum Gasteiger partial charge on any atom is -0.355 e. The van der Waals surface area contributed by atoms with Gasteiger partial charge in [-0.15, -0.1) is 0 Å². The second kappa shape index (κ2) is 9.92. The van der Waals surface area contributed by atoms with Crippen LogP contribution < -0.4 is 10.6 Å². The number of nitrogens with one attached hydrogen (secondary N) is 3. The summed E-state index contributed by atoms with van der Waals surface area (Å²) in [5, 5.41) is 15.0. The Morgan fingerprint density at radius 2 is 1.84 bits per heavy atom. The molecule has 162 valence electrons. The van der Waals surface area contributed by atoms with E-state index in [-0.39, 0.29) is 11.9 Å². The normalized spacial score (nSPS) is 11.3. The van der Waals surface area contributed by atoms with Crippen LogP contribution in [0.15, 0.2) is 66.9 Å². The number of amides is 1. The zero-order chi connectivity index (χ0) is 22.3. The first-order valence-corrected chi connectivity index (χ1v) is 10.9. The molecule has 0 fully saturated rings. The fraction of sp³-hybridized carbons (Fsp3) is 0.192. The van der Waals surface area contributed by atoms with Crippen molar-refractivity contribution in [2.24, 2.45) is 0 Å². The predicted molar refractivity (Wildman–Crippen MR) is 131 cm³/mol. The number of aromatic nitrogens is 3. The highest BCUT2D eigenvalue weighted by atomic mass is 16.1. The second-order valence-electron chi connectivity index (χ2n) is 7.61. The van der Waals surface area contributed by atoms with Crippen LogP contribution in [0.1, 0.15) is 48.4 Å². The van der Waals surface area contributed by atoms with Crippen molar-refractivity contribution >= 4 is 40.3 Å². The van der Waals surface area contributed by atoms with Gasteiger partial charge in [-0.2, -0.15) is 5.10 Å². The van der Waals surface area contributed by atoms with Gasteiger partial charge >= 0.3 is 0 Å². The Morgan fingerprint density at radius 1 is 1.03 bits per heavy atom. The Labute approximate surface area is 187 Å². The van der Waals surface area contributed by atoms with Crippen LogP contribution in [-0.2, 0) is 0 Å². The zero-order valence-corrected chi connectivity index (χ0v) is 18.3. The molecule has 0 aliphatic heterocycles. The number of anilines is 2. The molecule has 4 rings (SSSR count). The quantitative estimate of drug-likeness (QED) is 0.334. The molecule has 0 aliphatic rings. The number of carbonyl (C=O) groups is 1. The molecule has 0 saturated heterocycles. The molecular formula is C26H27N5O. The predicted octanol–water partition coefficient (Wildman–Crippen LogP) is 5.79. The largest absolute Gasteiger partial charge is 0.355 e. The van der Waals surface area contributed by atoms with E-state index in [2.05, 4.69) is 39.7 Å². The summed E-state index contributed by atoms with van der Waals surface area (Å²) < 4.78 is 0. The highest BCUT2D eigenvalue weighted by Crippen LogP contribution is 2.26. The summed E-state index contributed by atoms with van der Waals surface area (Å²) in [6, 6.07) is 19.5. The van der Waals surface area contributed by atoms with Crippen molar-refractivity contribution in [1.29, 1.82) is 0 Å². The molecule has 1 amide bonds. The third-order valence-corrected chi connectivity index (χ3v) is 5.46. The summed E-state index contributed by atoms with van der Waals surface area (Å²) in [5.41, 5.74) is 4.92. The van der Waals surface area contributed by atoms with Gasteiger partial charge in [-0.3, -0.25) is 14.9 Å². The van der Waals surface area contributed by atoms with E-state index in [4.69, 9.17) is 0 Å². The Bertz CT molecular complexity index is 1230. The van der Waals surface area contributed by atoms with E-state index >= 15 is 0 Å². The van der Waals surface area contributed by atoms with Gasteiger partial charge in [0.1, 0.15) is 0 Å². The number of hydrogen-bond donors (Lipinski definition) is 3. The molecule has 6 nitrogen and oxygen atoms in total. The second-order valence-corrected chi connectivity index (χ2v) is 7.61. The minimum absolute atomic E-state index is 0.0636. The van der Waals surface area contributed by atoms with E-state index in [0.717, 1.165) is 46.5 Å². The highest BCUT2D eigenvalue weighted by molar-refractivity contribution is 6.01. The number of H-pyrrole nitrogens is 1. The molecule has 32 heavy (non-hydrogen) atoms. The Morgan fingerprint density at radius 3 is 2.62 bits per heavy atom. The van der Waals surface area contributed by atoms with E-state index < -0.39 is 0 Å². The van der Waals surface area contributed by atoms with Gasteiger partial charge < -0.3 is 10.6 Å². The topological polar surface area (TPSA) is 82.7 Å². The lowest BCUT2D eigenvalue weighted by Crippen LogP contribution is -2.34. The van der Waals surface area contributed by atoms with Crippen LogP contribution in [0.25, 0.3) is 23.1 Å². The molecule has 2 heterocycles. The Balaban J connectivity index is 1.55. The summed E-state index contributed by atoms with van der Waals surface area (Å²) in [6.07, 6.45) is 7.47. The fourth-order valence-corrected chi connectivity index (χ4v) is 3.59. The van der Waals surface area contributed by atoms with Crippen molar-refractivity contribution in [2.75, 3.05) is 5.32 Å². The molecule has 0 aliphatic carbocycles. The SMILES string of the molecule is CCC(CC)NC(=O)c1ccccc1Nc1ccc2c(/C=C/c3ccccn3)n[nH]c2c1. The van der Waals surface area contributed by atoms with Gasteiger partial charge in [0.05, 0.1) is 28.2 Å². The average Bonchev–Trinajstić information content (AvgIpc) is 3.24. The van der Waals surface area contributed by atoms with E-state index in [1.165, 1.54) is 0 Å². The van der Waals surface area contributed by atoms with Gasteiger partial charge in [0.2, 0.25) is 0 Å². The maximum Gasteiger partial charge on any atom is 0.253 e. The molecule has 2 aromatic heterocycles. The monoisotopic (exact) mass is 425 g/mol. The van der Waals surface area contributed by atoms with Gasteiger partial charge in [0.15, 0.2) is 0 Å². The number of fused-ring (bicyclic) bond motifs is 1. The summed E-state index contributed by atoms with van der Waals surface area (Å²) >= 11 is 0. The minimum atomic E-state index is -0.0636. The fourth-order valence-electron chi connectivity index (χ4n) is 3.59. The number of rotatable bonds is 8. The van der Waals surface area contributed by atoms with Crippen molar-refractivity contribution in [1.82, 2.24) is 20.5 Å². The summed E-state index contributed by atoms with van der Waals surface area (Å²) in [5.74, 6) is -0.0636. The van der Waals surface area contributed by atoms with Crippen molar-refractivity contribution in [3.05, 3.63) is 83.8 Å². The maximum absolute atomic E-state index is 12.8. The average molecular weight is 426 g/mol. The van der Waals surface area contributed by atoms with Crippen LogP contribution >= 0.6 is 0 Å². The molecule has 3 N–H and O–H groups in total. The van der Waals surface area contributed by atoms with Crippen molar-refractivity contribution in [2.45, 2.75) is 32.7 Å². The number of nitrogens with zero attached hydrogens (tertiary/aromatic N) is 2. The van der Waals surface area contributed by atoms with E-state index in [9.17, 15) is 4.79 Å². The Hall–Kier alpha value is -3.93. The van der Waals surface area contributed by atoms with Crippen LogP contribution in [0, 0.1) is 0 Å². The van der Waals surface area contributed by atoms with E-state index in [1.54, 1.807) is 6.20 Å². The lowest BCUT2D eigenvalue weighted by molar-refractivity contribution is 0.0935. The van der Waals surface area contributed by atoms with Crippen LogP contribution in [0.5, 0.6) is 0 Å². The third-order valence-electron chi connectivity index (χ3n) is 5.46. The molecule has 2 aromatic carbocycles. The first-order chi connectivity index (χ1) is 15.7. The van der Waals surface area contributed by atoms with Crippen molar-refractivity contribution in [3.63, 3.8) is 0 Å². The van der Waals surface area contributed by atoms with Crippen molar-refractivity contribution < 1.29 is 4.79 Å². The number of aromatic amines is 1. The Kier molecular flexibility index (Phi) is 6.60. The van der Waals surface area contributed by atoms with E-state index in [0.29, 0.717) is 5.56 Å². The van der Waals surface area contributed by atoms with Gasteiger partial charge in [-0.05, 0) is 67.5 Å². The molecular weight excluding hydrogens is 398 g/mol. The summed E-state index contributed by atoms with van der Waals surface area (Å²) in [7, 11) is 0. The van der Waals surface area contributed by atoms with Gasteiger partial charge in [-0.1, -0.05) is 32.0 Å². The number of para-hydroxylation sites is 1. The van der Waals surface area contributed by atoms with Gasteiger partial charge in [-0.25, -0.2) is 0 Å². The molecule has 0 atom stereocenters. The summed E-state index contributed by atoms with van der Waals surface area (Å²) in [6.45, 7) is 4.16. The smallest absolute Gasteiger partial charge is 0.253 e. The van der Waals surface area contributed by atoms with Crippen LogP contribution in [0.3, 0.4) is 0 Å². The number of benzene rings is 2. The van der Waals surface area contributed by atoms with Crippen LogP contribution in [0.4, 0.5) is 11.4 Å². The first-order valence-electron chi connectivity index (χ1n) is 10.9. The standard InChI is InChI=1S/C26H27N5O/c1-3-18(4-2)29-26(32)22-10-5-6-11-23(22)28-20-12-14-21-24(30-31-25(21)17-20)15-13-19-9-7-8-16-27-19/h5-18,28H,3-4H2,1-2H3,(H,29,32)(H,30,31)/b15-13+. The highest BCUT2D eigenvalue weighted by Gasteiger charge is 2.14. The first kappa shape index (κ1) is 21.3.